The van der Waals surface area contributed by atoms with Crippen molar-refractivity contribution >= 4 is 28.9 Å². The molecule has 2 heterocycles. The van der Waals surface area contributed by atoms with E-state index in [0.29, 0.717) is 17.7 Å². The Kier molecular flexibility index (Phi) is 5.24. The van der Waals surface area contributed by atoms with Crippen molar-refractivity contribution in [3.63, 3.8) is 0 Å². The smallest absolute Gasteiger partial charge is 0.312 e. The largest absolute Gasteiger partial charge is 0.416 e. The number of para-hydroxylation sites is 1. The van der Waals surface area contributed by atoms with E-state index in [1.165, 1.54) is 22.9 Å². The monoisotopic (exact) mass is 516 g/mol. The van der Waals surface area contributed by atoms with Gasteiger partial charge in [-0.05, 0) is 66.4 Å². The van der Waals surface area contributed by atoms with Crippen molar-refractivity contribution in [3.05, 3.63) is 95.7 Å². The van der Waals surface area contributed by atoms with E-state index in [1.807, 2.05) is 25.2 Å². The van der Waals surface area contributed by atoms with Gasteiger partial charge in [-0.1, -0.05) is 30.3 Å². The number of likely N-dealkylation sites (N-methyl/N-ethyl adjacent to an activating group) is 1. The maximum Gasteiger partial charge on any atom is 0.416 e. The summed E-state index contributed by atoms with van der Waals surface area (Å²) < 4.78 is 43.0. The summed E-state index contributed by atoms with van der Waals surface area (Å²) in [5.74, 6) is -1.03. The number of aryl methyl sites for hydroxylation is 2. The zero-order valence-electron chi connectivity index (χ0n) is 20.7. The molecule has 0 N–H and O–H groups in total. The molecule has 9 heteroatoms. The summed E-state index contributed by atoms with van der Waals surface area (Å²) in [5, 5.41) is 4.22. The maximum atomic E-state index is 14.6. The van der Waals surface area contributed by atoms with Crippen LogP contribution < -0.4 is 9.80 Å². The number of hydrogen-bond acceptors (Lipinski definition) is 3. The first kappa shape index (κ1) is 24.0. The third-order valence-corrected chi connectivity index (χ3v) is 7.61. The van der Waals surface area contributed by atoms with Gasteiger partial charge in [0.15, 0.2) is 5.41 Å². The number of anilines is 3. The van der Waals surface area contributed by atoms with Crippen molar-refractivity contribution in [3.8, 4) is 11.3 Å². The van der Waals surface area contributed by atoms with Gasteiger partial charge in [-0.3, -0.25) is 19.2 Å². The van der Waals surface area contributed by atoms with Crippen LogP contribution in [0.15, 0.2) is 79.0 Å². The first-order chi connectivity index (χ1) is 18.1. The number of aromatic nitrogens is 2. The number of hydrogen-bond donors (Lipinski definition) is 0. The third-order valence-electron chi connectivity index (χ3n) is 7.61. The summed E-state index contributed by atoms with van der Waals surface area (Å²) in [7, 11) is 3.35. The number of carbonyl (C=O) groups is 2. The highest BCUT2D eigenvalue weighted by atomic mass is 19.4. The Morgan fingerprint density at radius 1 is 0.868 bits per heavy atom. The summed E-state index contributed by atoms with van der Waals surface area (Å²) in [6, 6.07) is 19.2. The number of nitrogens with zero attached hydrogens (tertiary/aromatic N) is 4. The van der Waals surface area contributed by atoms with E-state index in [-0.39, 0.29) is 17.8 Å². The summed E-state index contributed by atoms with van der Waals surface area (Å²) in [5.41, 5.74) is 1.39. The summed E-state index contributed by atoms with van der Waals surface area (Å²) in [4.78, 5) is 31.3. The highest BCUT2D eigenvalue weighted by Gasteiger charge is 2.57. The molecule has 1 aliphatic carbocycles. The molecule has 0 saturated heterocycles. The van der Waals surface area contributed by atoms with Gasteiger partial charge in [-0.25, -0.2) is 0 Å². The predicted octanol–water partition coefficient (Wildman–Crippen LogP) is 5.63. The van der Waals surface area contributed by atoms with Gasteiger partial charge < -0.3 is 4.90 Å². The zero-order chi connectivity index (χ0) is 26.8. The SMILES string of the molecule is CN1C(=O)C2(CCc3cc(-c4ccnn4C)ccc32)C(=O)N(c2ccccc2)c2cc(C(F)(F)F)ccc21. The summed E-state index contributed by atoms with van der Waals surface area (Å²) in [6.45, 7) is 0. The molecule has 0 saturated carbocycles. The Hall–Kier alpha value is -4.40. The van der Waals surface area contributed by atoms with Crippen LogP contribution in [0.5, 0.6) is 0 Å². The van der Waals surface area contributed by atoms with Crippen molar-refractivity contribution in [1.82, 2.24) is 9.78 Å². The van der Waals surface area contributed by atoms with Crippen LogP contribution in [0.25, 0.3) is 11.3 Å². The second-order valence-electron chi connectivity index (χ2n) is 9.66. The molecule has 1 aliphatic heterocycles. The first-order valence-electron chi connectivity index (χ1n) is 12.1. The molecule has 0 fully saturated rings. The van der Waals surface area contributed by atoms with Crippen molar-refractivity contribution in [2.24, 2.45) is 7.05 Å². The number of halogens is 3. The van der Waals surface area contributed by atoms with Crippen molar-refractivity contribution in [2.75, 3.05) is 16.8 Å². The van der Waals surface area contributed by atoms with Crippen LogP contribution in [-0.4, -0.2) is 28.6 Å². The van der Waals surface area contributed by atoms with Crippen LogP contribution in [0.4, 0.5) is 30.2 Å². The Labute approximate surface area is 216 Å². The van der Waals surface area contributed by atoms with E-state index >= 15 is 0 Å². The van der Waals surface area contributed by atoms with Gasteiger partial charge >= 0.3 is 6.18 Å². The van der Waals surface area contributed by atoms with Gasteiger partial charge in [0.1, 0.15) is 0 Å². The first-order valence-corrected chi connectivity index (χ1v) is 12.1. The molecule has 6 rings (SSSR count). The van der Waals surface area contributed by atoms with Gasteiger partial charge in [0.2, 0.25) is 5.91 Å². The lowest BCUT2D eigenvalue weighted by Gasteiger charge is -2.32. The molecule has 0 radical (unpaired) electrons. The van der Waals surface area contributed by atoms with Crippen LogP contribution in [-0.2, 0) is 34.6 Å². The molecule has 1 aromatic heterocycles. The molecule has 0 bridgehead atoms. The highest BCUT2D eigenvalue weighted by Crippen LogP contribution is 2.50. The third kappa shape index (κ3) is 3.38. The lowest BCUT2D eigenvalue weighted by molar-refractivity contribution is -0.138. The normalized spacial score (nSPS) is 19.1. The van der Waals surface area contributed by atoms with Gasteiger partial charge in [0, 0.05) is 31.5 Å². The Morgan fingerprint density at radius 2 is 1.63 bits per heavy atom. The van der Waals surface area contributed by atoms with Crippen LogP contribution in [0, 0.1) is 0 Å². The summed E-state index contributed by atoms with van der Waals surface area (Å²) in [6.07, 6.45) is -2.24. The number of carbonyl (C=O) groups excluding carboxylic acids is 2. The van der Waals surface area contributed by atoms with Crippen LogP contribution in [0.3, 0.4) is 0 Å². The van der Waals surface area contributed by atoms with Crippen LogP contribution in [0.2, 0.25) is 0 Å². The lowest BCUT2D eigenvalue weighted by Crippen LogP contribution is -2.52. The lowest BCUT2D eigenvalue weighted by atomic mass is 9.78. The Morgan fingerprint density at radius 3 is 2.32 bits per heavy atom. The maximum absolute atomic E-state index is 14.6. The van der Waals surface area contributed by atoms with E-state index in [4.69, 9.17) is 0 Å². The Bertz CT molecular complexity index is 1600. The molecule has 4 aromatic rings. The van der Waals surface area contributed by atoms with Gasteiger partial charge in [-0.2, -0.15) is 18.3 Å². The highest BCUT2D eigenvalue weighted by molar-refractivity contribution is 6.27. The number of amides is 2. The average Bonchev–Trinajstić information content (AvgIpc) is 3.50. The van der Waals surface area contributed by atoms with Crippen LogP contribution >= 0.6 is 0 Å². The summed E-state index contributed by atoms with van der Waals surface area (Å²) >= 11 is 0. The molecule has 1 atom stereocenters. The minimum absolute atomic E-state index is 0.0173. The molecule has 38 heavy (non-hydrogen) atoms. The minimum Gasteiger partial charge on any atom is -0.312 e. The molecule has 2 amide bonds. The van der Waals surface area contributed by atoms with Gasteiger partial charge in [0.25, 0.3) is 5.91 Å². The standard InChI is InChI=1S/C29H23F3N4O2/c1-34-24-11-9-20(29(30,31)32)17-25(24)36(21-6-4-3-5-7-21)27(38)28(26(34)37)14-12-18-16-19(8-10-22(18)28)23-13-15-33-35(23)2/h3-11,13,15-17H,12,14H2,1-2H3. The van der Waals surface area contributed by atoms with Gasteiger partial charge in [0.05, 0.1) is 22.6 Å². The van der Waals surface area contributed by atoms with E-state index in [1.54, 1.807) is 47.3 Å². The fourth-order valence-corrected chi connectivity index (χ4v) is 5.72. The van der Waals surface area contributed by atoms with E-state index in [9.17, 15) is 22.8 Å². The number of fused-ring (bicyclic) bond motifs is 3. The molecule has 192 valence electrons. The fraction of sp³-hybridized carbons (Fsp3) is 0.207. The molecule has 1 unspecified atom stereocenters. The fourth-order valence-electron chi connectivity index (χ4n) is 5.72. The predicted molar refractivity (Wildman–Crippen MR) is 137 cm³/mol. The van der Waals surface area contributed by atoms with Crippen molar-refractivity contribution < 1.29 is 22.8 Å². The molecular formula is C29H23F3N4O2. The Balaban J connectivity index is 1.57. The quantitative estimate of drug-likeness (QED) is 0.325. The number of alkyl halides is 3. The number of benzene rings is 3. The topological polar surface area (TPSA) is 58.4 Å². The molecule has 3 aromatic carbocycles. The second-order valence-corrected chi connectivity index (χ2v) is 9.66. The van der Waals surface area contributed by atoms with E-state index in [0.717, 1.165) is 29.0 Å². The van der Waals surface area contributed by atoms with E-state index < -0.39 is 29.0 Å². The molecule has 2 aliphatic rings. The van der Waals surface area contributed by atoms with Gasteiger partial charge in [-0.15, -0.1) is 0 Å². The average molecular weight is 517 g/mol. The van der Waals surface area contributed by atoms with E-state index in [2.05, 4.69) is 5.10 Å². The molecule has 1 spiro atoms. The van der Waals surface area contributed by atoms with Crippen LogP contribution in [0.1, 0.15) is 23.1 Å². The van der Waals surface area contributed by atoms with Crippen molar-refractivity contribution in [1.29, 1.82) is 0 Å². The molecule has 6 nitrogen and oxygen atoms in total. The minimum atomic E-state index is -4.62. The molecular weight excluding hydrogens is 493 g/mol. The second kappa shape index (κ2) is 8.31. The zero-order valence-corrected chi connectivity index (χ0v) is 20.7. The number of rotatable bonds is 2. The van der Waals surface area contributed by atoms with Crippen molar-refractivity contribution in [2.45, 2.75) is 24.4 Å².